The summed E-state index contributed by atoms with van der Waals surface area (Å²) >= 11 is 0. The summed E-state index contributed by atoms with van der Waals surface area (Å²) in [5.41, 5.74) is 4.73. The summed E-state index contributed by atoms with van der Waals surface area (Å²) in [6, 6.07) is 11.4. The Bertz CT molecular complexity index is 1250. The Morgan fingerprint density at radius 1 is 0.974 bits per heavy atom. The lowest BCUT2D eigenvalue weighted by molar-refractivity contribution is 0.102. The summed E-state index contributed by atoms with van der Waals surface area (Å²) in [4.78, 5) is 16.5. The molecule has 1 aliphatic rings. The van der Waals surface area contributed by atoms with Crippen molar-refractivity contribution in [3.05, 3.63) is 82.6 Å². The quantitative estimate of drug-likeness (QED) is 0.181. The highest BCUT2D eigenvalue weighted by Gasteiger charge is 2.22. The summed E-state index contributed by atoms with van der Waals surface area (Å²) in [6.07, 6.45) is 11.3. The number of nitrogens with one attached hydrogen (secondary N) is 4. The predicted molar refractivity (Wildman–Crippen MR) is 153 cm³/mol. The van der Waals surface area contributed by atoms with Crippen molar-refractivity contribution >= 4 is 29.2 Å². The van der Waals surface area contributed by atoms with Crippen molar-refractivity contribution in [2.24, 2.45) is 0 Å². The molecule has 4 N–H and O–H groups in total. The number of aryl methyl sites for hydroxylation is 1. The summed E-state index contributed by atoms with van der Waals surface area (Å²) < 4.78 is 27.2. The number of aromatic amines is 1. The fourth-order valence-electron chi connectivity index (χ4n) is 5.11. The fraction of sp³-hybridized carbons (Fsp3) is 0.387. The monoisotopic (exact) mass is 520 g/mol. The highest BCUT2D eigenvalue weighted by molar-refractivity contribution is 6.06. The van der Waals surface area contributed by atoms with Crippen LogP contribution in [0.25, 0.3) is 6.08 Å². The molecule has 38 heavy (non-hydrogen) atoms. The maximum absolute atomic E-state index is 13.6. The largest absolute Gasteiger partial charge is 0.362 e. The standard InChI is InChI=1S/C31H38F2N4O/c1-4-7-8-10-20(9-5-2)21-11-13-22(14-12-21)31(38)37-29-26-15-16-28(36-30(26)35-27(29)6-3)34-25-18-23(32)17-24(33)19-25/h11-20,28,34-36H,4-10H2,1-3H3,(H,37,38). The molecule has 1 aliphatic heterocycles. The SMILES string of the molecule is CCCCCC(CCC)c1ccc(C(=O)Nc2c(CC)[nH]c3c2C=CC(Nc2cc(F)cc(F)c2)N3)cc1. The van der Waals surface area contributed by atoms with Crippen molar-refractivity contribution in [1.29, 1.82) is 0 Å². The average Bonchev–Trinajstić information content (AvgIpc) is 3.24. The lowest BCUT2D eigenvalue weighted by atomic mass is 9.89. The number of carbonyl (C=O) groups excluding carboxylic acids is 1. The second-order valence-corrected chi connectivity index (χ2v) is 9.96. The Labute approximate surface area is 224 Å². The van der Waals surface area contributed by atoms with Crippen LogP contribution in [0.2, 0.25) is 0 Å². The number of aromatic nitrogens is 1. The summed E-state index contributed by atoms with van der Waals surface area (Å²) in [6.45, 7) is 6.47. The molecule has 2 heterocycles. The van der Waals surface area contributed by atoms with Crippen molar-refractivity contribution in [2.75, 3.05) is 16.0 Å². The third kappa shape index (κ3) is 6.63. The number of rotatable bonds is 12. The number of hydrogen-bond acceptors (Lipinski definition) is 3. The number of amides is 1. The highest BCUT2D eigenvalue weighted by atomic mass is 19.1. The first kappa shape index (κ1) is 27.4. The van der Waals surface area contributed by atoms with E-state index in [2.05, 4.69) is 46.9 Å². The van der Waals surface area contributed by atoms with Crippen LogP contribution in [0.15, 0.2) is 48.5 Å². The highest BCUT2D eigenvalue weighted by Crippen LogP contribution is 2.34. The van der Waals surface area contributed by atoms with Crippen molar-refractivity contribution in [3.63, 3.8) is 0 Å². The number of anilines is 3. The molecule has 0 aliphatic carbocycles. The van der Waals surface area contributed by atoms with E-state index in [4.69, 9.17) is 0 Å². The van der Waals surface area contributed by atoms with Crippen LogP contribution in [0.1, 0.15) is 92.4 Å². The maximum atomic E-state index is 13.6. The van der Waals surface area contributed by atoms with E-state index >= 15 is 0 Å². The zero-order chi connectivity index (χ0) is 27.1. The molecule has 0 spiro atoms. The predicted octanol–water partition coefficient (Wildman–Crippen LogP) is 8.45. The Morgan fingerprint density at radius 2 is 1.71 bits per heavy atom. The van der Waals surface area contributed by atoms with Gasteiger partial charge in [-0.05, 0) is 67.2 Å². The maximum Gasteiger partial charge on any atom is 0.255 e. The fourth-order valence-corrected chi connectivity index (χ4v) is 5.11. The van der Waals surface area contributed by atoms with E-state index in [-0.39, 0.29) is 12.1 Å². The van der Waals surface area contributed by atoms with Crippen molar-refractivity contribution in [3.8, 4) is 0 Å². The van der Waals surface area contributed by atoms with Crippen LogP contribution in [-0.2, 0) is 6.42 Å². The molecule has 7 heteroatoms. The Hall–Kier alpha value is -3.61. The van der Waals surface area contributed by atoms with Crippen molar-refractivity contribution in [1.82, 2.24) is 4.98 Å². The van der Waals surface area contributed by atoms with Gasteiger partial charge < -0.3 is 20.9 Å². The van der Waals surface area contributed by atoms with Crippen molar-refractivity contribution < 1.29 is 13.6 Å². The van der Waals surface area contributed by atoms with Crippen LogP contribution in [0.3, 0.4) is 0 Å². The molecular weight excluding hydrogens is 482 g/mol. The minimum atomic E-state index is -0.642. The number of halogens is 2. The van der Waals surface area contributed by atoms with Gasteiger partial charge in [-0.2, -0.15) is 0 Å². The first-order chi connectivity index (χ1) is 18.4. The Kier molecular flexibility index (Phi) is 9.21. The van der Waals surface area contributed by atoms with Gasteiger partial charge in [-0.3, -0.25) is 4.79 Å². The number of fused-ring (bicyclic) bond motifs is 1. The Morgan fingerprint density at radius 3 is 2.37 bits per heavy atom. The molecule has 0 bridgehead atoms. The summed E-state index contributed by atoms with van der Waals surface area (Å²) in [5.74, 6) is -0.171. The molecule has 0 saturated carbocycles. The van der Waals surface area contributed by atoms with Crippen LogP contribution in [0.5, 0.6) is 0 Å². The zero-order valence-corrected chi connectivity index (χ0v) is 22.5. The first-order valence-electron chi connectivity index (χ1n) is 13.7. The van der Waals surface area contributed by atoms with E-state index < -0.39 is 11.6 Å². The molecule has 4 rings (SSSR count). The van der Waals surface area contributed by atoms with E-state index in [1.807, 2.05) is 31.2 Å². The van der Waals surface area contributed by atoms with Gasteiger partial charge in [0, 0.05) is 28.6 Å². The van der Waals surface area contributed by atoms with Crippen molar-refractivity contribution in [2.45, 2.75) is 77.8 Å². The number of hydrogen-bond donors (Lipinski definition) is 4. The molecule has 3 aromatic rings. The third-order valence-corrected chi connectivity index (χ3v) is 7.09. The van der Waals surface area contributed by atoms with Crippen LogP contribution in [0, 0.1) is 11.6 Å². The summed E-state index contributed by atoms with van der Waals surface area (Å²) in [7, 11) is 0. The molecule has 2 atom stereocenters. The lowest BCUT2D eigenvalue weighted by Gasteiger charge is -2.22. The number of carbonyl (C=O) groups is 1. The van der Waals surface area contributed by atoms with Gasteiger partial charge in [-0.1, -0.05) is 58.6 Å². The molecule has 0 fully saturated rings. The van der Waals surface area contributed by atoms with Gasteiger partial charge in [0.15, 0.2) is 0 Å². The molecule has 5 nitrogen and oxygen atoms in total. The van der Waals surface area contributed by atoms with Crippen LogP contribution in [-0.4, -0.2) is 17.1 Å². The van der Waals surface area contributed by atoms with Gasteiger partial charge in [0.1, 0.15) is 23.6 Å². The Balaban J connectivity index is 1.46. The lowest BCUT2D eigenvalue weighted by Crippen LogP contribution is -2.28. The molecule has 202 valence electrons. The van der Waals surface area contributed by atoms with Gasteiger partial charge in [0.25, 0.3) is 5.91 Å². The molecular formula is C31H38F2N4O. The minimum Gasteiger partial charge on any atom is -0.362 e. The molecule has 1 aromatic heterocycles. The smallest absolute Gasteiger partial charge is 0.255 e. The van der Waals surface area contributed by atoms with E-state index in [9.17, 15) is 13.6 Å². The van der Waals surface area contributed by atoms with E-state index in [0.29, 0.717) is 23.6 Å². The van der Waals surface area contributed by atoms with Gasteiger partial charge in [-0.25, -0.2) is 8.78 Å². The van der Waals surface area contributed by atoms with Crippen LogP contribution in [0.4, 0.5) is 26.0 Å². The normalized spacial score (nSPS) is 15.0. The molecule has 2 aromatic carbocycles. The first-order valence-corrected chi connectivity index (χ1v) is 13.7. The molecule has 1 amide bonds. The average molecular weight is 521 g/mol. The van der Waals surface area contributed by atoms with Gasteiger partial charge in [-0.15, -0.1) is 0 Å². The van der Waals surface area contributed by atoms with Gasteiger partial charge >= 0.3 is 0 Å². The number of unbranched alkanes of at least 4 members (excludes halogenated alkanes) is 2. The number of H-pyrrole nitrogens is 1. The van der Waals surface area contributed by atoms with E-state index in [1.165, 1.54) is 43.4 Å². The number of benzene rings is 2. The van der Waals surface area contributed by atoms with Crippen LogP contribution >= 0.6 is 0 Å². The van der Waals surface area contributed by atoms with E-state index in [1.54, 1.807) is 0 Å². The molecule has 0 saturated heterocycles. The van der Waals surface area contributed by atoms with E-state index in [0.717, 1.165) is 41.7 Å². The zero-order valence-electron chi connectivity index (χ0n) is 22.5. The minimum absolute atomic E-state index is 0.157. The van der Waals surface area contributed by atoms with Gasteiger partial charge in [0.2, 0.25) is 0 Å². The summed E-state index contributed by atoms with van der Waals surface area (Å²) in [5, 5.41) is 9.47. The second kappa shape index (κ2) is 12.8. The third-order valence-electron chi connectivity index (χ3n) is 7.09. The van der Waals surface area contributed by atoms with Crippen LogP contribution < -0.4 is 16.0 Å². The topological polar surface area (TPSA) is 69.0 Å². The second-order valence-electron chi connectivity index (χ2n) is 9.96. The molecule has 2 unspecified atom stereocenters. The molecule has 0 radical (unpaired) electrons. The van der Waals surface area contributed by atoms with Gasteiger partial charge in [0.05, 0.1) is 5.69 Å².